The van der Waals surface area contributed by atoms with Crippen LogP contribution >= 0.6 is 0 Å². The summed E-state index contributed by atoms with van der Waals surface area (Å²) in [4.78, 5) is 14.9. The van der Waals surface area contributed by atoms with E-state index in [4.69, 9.17) is 10.00 Å². The van der Waals surface area contributed by atoms with Crippen molar-refractivity contribution >= 4 is 5.91 Å². The molecule has 6 nitrogen and oxygen atoms in total. The van der Waals surface area contributed by atoms with Crippen molar-refractivity contribution in [1.29, 1.82) is 5.26 Å². The molecule has 0 aliphatic carbocycles. The summed E-state index contributed by atoms with van der Waals surface area (Å²) in [6.45, 7) is 3.08. The average molecular weight is 389 g/mol. The highest BCUT2D eigenvalue weighted by Crippen LogP contribution is 2.30. The third-order valence-corrected chi connectivity index (χ3v) is 5.62. The molecule has 0 radical (unpaired) electrons. The lowest BCUT2D eigenvalue weighted by Gasteiger charge is -2.36. The SMILES string of the molecule is N#CCCCN1CC[C@@H](CNC(=O)c2ccc(F)c3c2CCCCO3)[C@H](O)C1. The molecule has 1 amide bonds. The van der Waals surface area contributed by atoms with Crippen molar-refractivity contribution in [2.24, 2.45) is 5.92 Å². The molecule has 3 rings (SSSR count). The number of β-amino-alcohol motifs (C(OH)–C–C–N with tert-alkyl or cyclic N) is 1. The van der Waals surface area contributed by atoms with Crippen LogP contribution in [0.15, 0.2) is 12.1 Å². The van der Waals surface area contributed by atoms with Crippen molar-refractivity contribution in [2.45, 2.75) is 44.6 Å². The number of aliphatic hydroxyl groups excluding tert-OH is 1. The van der Waals surface area contributed by atoms with Gasteiger partial charge in [-0.1, -0.05) is 0 Å². The minimum absolute atomic E-state index is 0.00790. The lowest BCUT2D eigenvalue weighted by atomic mass is 9.93. The number of carbonyl (C=O) groups is 1. The predicted octanol–water partition coefficient (Wildman–Crippen LogP) is 2.26. The predicted molar refractivity (Wildman–Crippen MR) is 103 cm³/mol. The van der Waals surface area contributed by atoms with Crippen LogP contribution in [0.4, 0.5) is 4.39 Å². The number of benzene rings is 1. The lowest BCUT2D eigenvalue weighted by molar-refractivity contribution is 0.0219. The molecule has 2 atom stereocenters. The number of unbranched alkanes of at least 4 members (excludes halogenated alkanes) is 1. The number of rotatable bonds is 6. The first kappa shape index (κ1) is 20.6. The van der Waals surface area contributed by atoms with Crippen molar-refractivity contribution in [3.8, 4) is 11.8 Å². The Bertz CT molecular complexity index is 734. The second-order valence-corrected chi connectivity index (χ2v) is 7.60. The number of nitrogens with one attached hydrogen (secondary N) is 1. The number of nitriles is 1. The summed E-state index contributed by atoms with van der Waals surface area (Å²) in [6, 6.07) is 4.94. The minimum Gasteiger partial charge on any atom is -0.490 e. The number of piperidine rings is 1. The fourth-order valence-electron chi connectivity index (χ4n) is 3.98. The smallest absolute Gasteiger partial charge is 0.251 e. The topological polar surface area (TPSA) is 85.6 Å². The quantitative estimate of drug-likeness (QED) is 0.729. The van der Waals surface area contributed by atoms with Crippen LogP contribution < -0.4 is 10.1 Å². The Morgan fingerprint density at radius 1 is 1.43 bits per heavy atom. The number of fused-ring (bicyclic) bond motifs is 1. The highest BCUT2D eigenvalue weighted by Gasteiger charge is 2.28. The van der Waals surface area contributed by atoms with Crippen LogP contribution in [0.1, 0.15) is 48.0 Å². The van der Waals surface area contributed by atoms with Gasteiger partial charge < -0.3 is 20.1 Å². The lowest BCUT2D eigenvalue weighted by Crippen LogP contribution is -2.47. The summed E-state index contributed by atoms with van der Waals surface area (Å²) in [5.41, 5.74) is 1.10. The molecule has 2 N–H and O–H groups in total. The summed E-state index contributed by atoms with van der Waals surface area (Å²) in [5, 5.41) is 22.0. The molecule has 1 saturated heterocycles. The molecular formula is C21H28FN3O3. The molecule has 2 aliphatic heterocycles. The van der Waals surface area contributed by atoms with Gasteiger partial charge >= 0.3 is 0 Å². The third-order valence-electron chi connectivity index (χ3n) is 5.62. The molecule has 28 heavy (non-hydrogen) atoms. The van der Waals surface area contributed by atoms with Crippen LogP contribution in [0.2, 0.25) is 0 Å². The Balaban J connectivity index is 1.56. The molecule has 2 aliphatic rings. The zero-order valence-corrected chi connectivity index (χ0v) is 16.1. The normalized spacial score (nSPS) is 22.5. The van der Waals surface area contributed by atoms with Crippen molar-refractivity contribution < 1.29 is 19.0 Å². The first-order valence-corrected chi connectivity index (χ1v) is 10.1. The van der Waals surface area contributed by atoms with E-state index in [1.54, 1.807) is 0 Å². The fraction of sp³-hybridized carbons (Fsp3) is 0.619. The highest BCUT2D eigenvalue weighted by atomic mass is 19.1. The third kappa shape index (κ3) is 5.00. The second kappa shape index (κ2) is 9.85. The Kier molecular flexibility index (Phi) is 7.24. The molecule has 0 saturated carbocycles. The largest absolute Gasteiger partial charge is 0.490 e. The number of likely N-dealkylation sites (tertiary alicyclic amines) is 1. The van der Waals surface area contributed by atoms with Crippen molar-refractivity contribution in [3.63, 3.8) is 0 Å². The van der Waals surface area contributed by atoms with Crippen molar-refractivity contribution in [1.82, 2.24) is 10.2 Å². The van der Waals surface area contributed by atoms with Crippen molar-refractivity contribution in [3.05, 3.63) is 29.1 Å². The summed E-state index contributed by atoms with van der Waals surface area (Å²) < 4.78 is 19.6. The van der Waals surface area contributed by atoms with Gasteiger partial charge in [0.25, 0.3) is 5.91 Å². The first-order chi connectivity index (χ1) is 13.6. The number of nitrogens with zero attached hydrogens (tertiary/aromatic N) is 2. The number of carbonyl (C=O) groups excluding carboxylic acids is 1. The second-order valence-electron chi connectivity index (χ2n) is 7.60. The molecule has 0 aromatic heterocycles. The monoisotopic (exact) mass is 389 g/mol. The Morgan fingerprint density at radius 3 is 3.07 bits per heavy atom. The van der Waals surface area contributed by atoms with Crippen LogP contribution in [0, 0.1) is 23.1 Å². The number of aliphatic hydroxyl groups is 1. The molecule has 0 unspecified atom stereocenters. The number of ether oxygens (including phenoxy) is 1. The molecule has 1 fully saturated rings. The summed E-state index contributed by atoms with van der Waals surface area (Å²) in [5.74, 6) is -0.472. The van der Waals surface area contributed by atoms with Gasteiger partial charge in [-0.2, -0.15) is 5.26 Å². The van der Waals surface area contributed by atoms with E-state index in [2.05, 4.69) is 16.3 Å². The van der Waals surface area contributed by atoms with E-state index in [-0.39, 0.29) is 17.6 Å². The number of hydrogen-bond acceptors (Lipinski definition) is 5. The zero-order valence-electron chi connectivity index (χ0n) is 16.1. The molecule has 152 valence electrons. The Morgan fingerprint density at radius 2 is 2.29 bits per heavy atom. The van der Waals surface area contributed by atoms with Gasteiger partial charge in [-0.25, -0.2) is 4.39 Å². The number of halogens is 1. The van der Waals surface area contributed by atoms with Gasteiger partial charge in [0.05, 0.1) is 18.8 Å². The van der Waals surface area contributed by atoms with E-state index in [0.717, 1.165) is 38.8 Å². The van der Waals surface area contributed by atoms with E-state index >= 15 is 0 Å². The fourth-order valence-corrected chi connectivity index (χ4v) is 3.98. The van der Waals surface area contributed by atoms with Crippen LogP contribution in [0.25, 0.3) is 0 Å². The van der Waals surface area contributed by atoms with Gasteiger partial charge in [-0.3, -0.25) is 4.79 Å². The van der Waals surface area contributed by atoms with Gasteiger partial charge in [0.1, 0.15) is 0 Å². The van der Waals surface area contributed by atoms with Crippen LogP contribution in [0.5, 0.6) is 5.75 Å². The van der Waals surface area contributed by atoms with E-state index in [1.807, 2.05) is 0 Å². The summed E-state index contributed by atoms with van der Waals surface area (Å²) in [6.07, 6.45) is 3.94. The number of amides is 1. The maximum absolute atomic E-state index is 14.1. The van der Waals surface area contributed by atoms with E-state index < -0.39 is 11.9 Å². The Hall–Kier alpha value is -2.17. The first-order valence-electron chi connectivity index (χ1n) is 10.1. The molecule has 7 heteroatoms. The highest BCUT2D eigenvalue weighted by molar-refractivity contribution is 5.96. The molecule has 2 heterocycles. The minimum atomic E-state index is -0.509. The molecular weight excluding hydrogens is 361 g/mol. The molecule has 1 aromatic rings. The zero-order chi connectivity index (χ0) is 19.9. The van der Waals surface area contributed by atoms with Gasteiger partial charge in [0, 0.05) is 36.6 Å². The summed E-state index contributed by atoms with van der Waals surface area (Å²) in [7, 11) is 0. The average Bonchev–Trinajstić information content (AvgIpc) is 2.94. The van der Waals surface area contributed by atoms with Crippen LogP contribution in [0.3, 0.4) is 0 Å². The molecule has 0 spiro atoms. The molecule has 1 aromatic carbocycles. The van der Waals surface area contributed by atoms with E-state index in [0.29, 0.717) is 43.7 Å². The molecule has 0 bridgehead atoms. The van der Waals surface area contributed by atoms with Gasteiger partial charge in [-0.05, 0) is 57.3 Å². The van der Waals surface area contributed by atoms with E-state index in [9.17, 15) is 14.3 Å². The maximum atomic E-state index is 14.1. The van der Waals surface area contributed by atoms with Gasteiger partial charge in [0.2, 0.25) is 0 Å². The Labute approximate surface area is 165 Å². The number of hydrogen-bond donors (Lipinski definition) is 2. The van der Waals surface area contributed by atoms with Crippen LogP contribution in [-0.4, -0.2) is 54.8 Å². The van der Waals surface area contributed by atoms with E-state index in [1.165, 1.54) is 12.1 Å². The summed E-state index contributed by atoms with van der Waals surface area (Å²) >= 11 is 0. The maximum Gasteiger partial charge on any atom is 0.251 e. The van der Waals surface area contributed by atoms with Crippen LogP contribution in [-0.2, 0) is 6.42 Å². The van der Waals surface area contributed by atoms with Gasteiger partial charge in [-0.15, -0.1) is 0 Å². The standard InChI is InChI=1S/C21H28FN3O3/c22-18-7-6-17(16-5-1-4-12-28-20(16)18)21(27)24-13-15-8-11-25(14-19(15)26)10-3-2-9-23/h6-7,15,19,26H,1-5,8,10-14H2,(H,24,27)/t15-,19+/m0/s1. The van der Waals surface area contributed by atoms with Crippen molar-refractivity contribution in [2.75, 3.05) is 32.8 Å². The van der Waals surface area contributed by atoms with Gasteiger partial charge in [0.15, 0.2) is 11.6 Å².